The predicted molar refractivity (Wildman–Crippen MR) is 72.6 cm³/mol. The van der Waals surface area contributed by atoms with Crippen molar-refractivity contribution in [2.45, 2.75) is 70.9 Å². The van der Waals surface area contributed by atoms with E-state index in [1.165, 1.54) is 38.5 Å². The fourth-order valence-corrected chi connectivity index (χ4v) is 4.00. The maximum absolute atomic E-state index is 11.5. The third-order valence-corrected chi connectivity index (χ3v) is 4.81. The van der Waals surface area contributed by atoms with E-state index in [1.807, 2.05) is 0 Å². The third-order valence-electron chi connectivity index (χ3n) is 4.81. The molecule has 4 unspecified atom stereocenters. The quantitative estimate of drug-likeness (QED) is 0.818. The predicted octanol–water partition coefficient (Wildman–Crippen LogP) is 3.14. The maximum atomic E-state index is 11.5. The van der Waals surface area contributed by atoms with E-state index in [0.717, 1.165) is 13.0 Å². The van der Waals surface area contributed by atoms with Gasteiger partial charge in [0.25, 0.3) is 0 Å². The number of hydrogen-bond acceptors (Lipinski definition) is 2. The van der Waals surface area contributed by atoms with Gasteiger partial charge < -0.3 is 5.11 Å². The molecule has 1 heterocycles. The summed E-state index contributed by atoms with van der Waals surface area (Å²) in [7, 11) is 0. The van der Waals surface area contributed by atoms with Crippen molar-refractivity contribution >= 4 is 5.97 Å². The van der Waals surface area contributed by atoms with Crippen LogP contribution in [0.5, 0.6) is 0 Å². The standard InChI is InChI=1S/C15H27NO2/c1-3-6-11(2)10-16-13-8-5-4-7-12(13)9-14(16)15(17)18/h11-14H,3-10H2,1-2H3,(H,17,18). The molecule has 1 N–H and O–H groups in total. The van der Waals surface area contributed by atoms with Crippen molar-refractivity contribution in [1.29, 1.82) is 0 Å². The van der Waals surface area contributed by atoms with Crippen molar-refractivity contribution in [2.75, 3.05) is 6.54 Å². The van der Waals surface area contributed by atoms with Crippen LogP contribution in [-0.4, -0.2) is 34.6 Å². The summed E-state index contributed by atoms with van der Waals surface area (Å²) in [6.45, 7) is 5.45. The molecule has 104 valence electrons. The Morgan fingerprint density at radius 3 is 2.78 bits per heavy atom. The fraction of sp³-hybridized carbons (Fsp3) is 0.933. The Morgan fingerprint density at radius 1 is 1.39 bits per heavy atom. The Balaban J connectivity index is 2.04. The number of carbonyl (C=O) groups is 1. The molecule has 1 saturated heterocycles. The lowest BCUT2D eigenvalue weighted by Crippen LogP contribution is -2.44. The molecule has 2 rings (SSSR count). The highest BCUT2D eigenvalue weighted by atomic mass is 16.4. The first-order valence-corrected chi connectivity index (χ1v) is 7.62. The zero-order chi connectivity index (χ0) is 13.1. The van der Waals surface area contributed by atoms with Crippen molar-refractivity contribution in [3.63, 3.8) is 0 Å². The molecule has 0 aromatic rings. The summed E-state index contributed by atoms with van der Waals surface area (Å²) < 4.78 is 0. The average Bonchev–Trinajstić information content (AvgIpc) is 2.69. The third kappa shape index (κ3) is 2.87. The van der Waals surface area contributed by atoms with Gasteiger partial charge in [-0.15, -0.1) is 0 Å². The number of rotatable bonds is 5. The minimum absolute atomic E-state index is 0.211. The van der Waals surface area contributed by atoms with Gasteiger partial charge in [-0.2, -0.15) is 0 Å². The number of carboxylic acid groups (broad SMARTS) is 1. The van der Waals surface area contributed by atoms with Crippen LogP contribution in [0.2, 0.25) is 0 Å². The Hall–Kier alpha value is -0.570. The molecule has 4 atom stereocenters. The van der Waals surface area contributed by atoms with Gasteiger partial charge in [-0.25, -0.2) is 0 Å². The van der Waals surface area contributed by atoms with E-state index in [4.69, 9.17) is 0 Å². The molecule has 0 spiro atoms. The molecule has 0 aromatic heterocycles. The highest BCUT2D eigenvalue weighted by Crippen LogP contribution is 2.40. The second-order valence-corrected chi connectivity index (χ2v) is 6.29. The van der Waals surface area contributed by atoms with Gasteiger partial charge in [0.1, 0.15) is 6.04 Å². The normalized spacial score (nSPS) is 34.2. The maximum Gasteiger partial charge on any atom is 0.320 e. The highest BCUT2D eigenvalue weighted by molar-refractivity contribution is 5.74. The van der Waals surface area contributed by atoms with Gasteiger partial charge in [0.05, 0.1) is 0 Å². The first kappa shape index (κ1) is 13.9. The monoisotopic (exact) mass is 253 g/mol. The van der Waals surface area contributed by atoms with Gasteiger partial charge in [0.15, 0.2) is 0 Å². The largest absolute Gasteiger partial charge is 0.480 e. The van der Waals surface area contributed by atoms with Crippen LogP contribution in [0.15, 0.2) is 0 Å². The van der Waals surface area contributed by atoms with E-state index in [2.05, 4.69) is 18.7 Å². The van der Waals surface area contributed by atoms with Crippen molar-refractivity contribution in [1.82, 2.24) is 4.90 Å². The van der Waals surface area contributed by atoms with Crippen LogP contribution in [0.1, 0.15) is 58.8 Å². The van der Waals surface area contributed by atoms with Gasteiger partial charge in [0, 0.05) is 12.6 Å². The SMILES string of the molecule is CCCC(C)CN1C(C(=O)O)CC2CCCCC21. The van der Waals surface area contributed by atoms with E-state index >= 15 is 0 Å². The molecular weight excluding hydrogens is 226 g/mol. The molecule has 1 saturated carbocycles. The highest BCUT2D eigenvalue weighted by Gasteiger charge is 2.45. The van der Waals surface area contributed by atoms with Gasteiger partial charge in [-0.3, -0.25) is 9.69 Å². The van der Waals surface area contributed by atoms with Crippen LogP contribution in [0, 0.1) is 11.8 Å². The van der Waals surface area contributed by atoms with Crippen molar-refractivity contribution < 1.29 is 9.90 Å². The Morgan fingerprint density at radius 2 is 2.11 bits per heavy atom. The van der Waals surface area contributed by atoms with E-state index in [1.54, 1.807) is 0 Å². The molecule has 0 bridgehead atoms. The van der Waals surface area contributed by atoms with Crippen LogP contribution in [0.3, 0.4) is 0 Å². The smallest absolute Gasteiger partial charge is 0.320 e. The van der Waals surface area contributed by atoms with Crippen molar-refractivity contribution in [3.05, 3.63) is 0 Å². The first-order chi connectivity index (χ1) is 8.63. The molecule has 0 radical (unpaired) electrons. The molecule has 1 aliphatic carbocycles. The summed E-state index contributed by atoms with van der Waals surface area (Å²) >= 11 is 0. The van der Waals surface area contributed by atoms with Gasteiger partial charge >= 0.3 is 5.97 Å². The Kier molecular flexibility index (Phi) is 4.66. The molecule has 0 amide bonds. The van der Waals surface area contributed by atoms with Crippen molar-refractivity contribution in [3.8, 4) is 0 Å². The second-order valence-electron chi connectivity index (χ2n) is 6.29. The first-order valence-electron chi connectivity index (χ1n) is 7.62. The van der Waals surface area contributed by atoms with E-state index in [-0.39, 0.29) is 6.04 Å². The fourth-order valence-electron chi connectivity index (χ4n) is 4.00. The average molecular weight is 253 g/mol. The van der Waals surface area contributed by atoms with Crippen LogP contribution in [0.4, 0.5) is 0 Å². The summed E-state index contributed by atoms with van der Waals surface area (Å²) in [4.78, 5) is 13.8. The summed E-state index contributed by atoms with van der Waals surface area (Å²) in [5.41, 5.74) is 0. The Labute approximate surface area is 111 Å². The summed E-state index contributed by atoms with van der Waals surface area (Å²) in [5, 5.41) is 9.43. The van der Waals surface area contributed by atoms with E-state index in [0.29, 0.717) is 17.9 Å². The van der Waals surface area contributed by atoms with Crippen LogP contribution in [0.25, 0.3) is 0 Å². The van der Waals surface area contributed by atoms with E-state index < -0.39 is 5.97 Å². The summed E-state index contributed by atoms with van der Waals surface area (Å²) in [5.74, 6) is 0.666. The molecule has 3 nitrogen and oxygen atoms in total. The summed E-state index contributed by atoms with van der Waals surface area (Å²) in [6.07, 6.45) is 8.33. The molecule has 1 aliphatic heterocycles. The molecular formula is C15H27NO2. The number of fused-ring (bicyclic) bond motifs is 1. The summed E-state index contributed by atoms with van der Waals surface area (Å²) in [6, 6.07) is 0.344. The van der Waals surface area contributed by atoms with Crippen LogP contribution < -0.4 is 0 Å². The number of carboxylic acids is 1. The second kappa shape index (κ2) is 6.05. The molecule has 18 heavy (non-hydrogen) atoms. The minimum Gasteiger partial charge on any atom is -0.480 e. The number of hydrogen-bond donors (Lipinski definition) is 1. The van der Waals surface area contributed by atoms with Gasteiger partial charge in [0.2, 0.25) is 0 Å². The lowest BCUT2D eigenvalue weighted by atomic mass is 9.84. The molecule has 0 aromatic carbocycles. The number of nitrogens with zero attached hydrogens (tertiary/aromatic N) is 1. The number of likely N-dealkylation sites (tertiary alicyclic amines) is 1. The van der Waals surface area contributed by atoms with Gasteiger partial charge in [-0.05, 0) is 37.5 Å². The molecule has 3 heteroatoms. The molecule has 2 fully saturated rings. The zero-order valence-electron chi connectivity index (χ0n) is 11.8. The topological polar surface area (TPSA) is 40.5 Å². The Bertz CT molecular complexity index is 292. The number of aliphatic carboxylic acids is 1. The lowest BCUT2D eigenvalue weighted by molar-refractivity contribution is -0.142. The lowest BCUT2D eigenvalue weighted by Gasteiger charge is -2.34. The van der Waals surface area contributed by atoms with Gasteiger partial charge in [-0.1, -0.05) is 33.1 Å². The van der Waals surface area contributed by atoms with Crippen molar-refractivity contribution in [2.24, 2.45) is 11.8 Å². The van der Waals surface area contributed by atoms with Crippen LogP contribution >= 0.6 is 0 Å². The zero-order valence-corrected chi connectivity index (χ0v) is 11.8. The minimum atomic E-state index is -0.604. The van der Waals surface area contributed by atoms with Crippen LogP contribution in [-0.2, 0) is 4.79 Å². The van der Waals surface area contributed by atoms with E-state index in [9.17, 15) is 9.90 Å². The molecule has 2 aliphatic rings.